The number of nitrogens with zero attached hydrogens (tertiary/aromatic N) is 5. The molecule has 1 aliphatic heterocycles. The third kappa shape index (κ3) is 3.52. The molecular weight excluding hydrogens is 317 g/mol. The summed E-state index contributed by atoms with van der Waals surface area (Å²) in [6, 6.07) is 1.52. The highest BCUT2D eigenvalue weighted by molar-refractivity contribution is 6.30. The topological polar surface area (TPSA) is 45.2 Å². The quantitative estimate of drug-likeness (QED) is 0.862. The fourth-order valence-corrected chi connectivity index (χ4v) is 2.98. The van der Waals surface area contributed by atoms with Gasteiger partial charge in [0, 0.05) is 44.8 Å². The van der Waals surface area contributed by atoms with E-state index in [0.29, 0.717) is 23.3 Å². The van der Waals surface area contributed by atoms with Crippen LogP contribution in [0.5, 0.6) is 0 Å². The molecule has 0 radical (unpaired) electrons. The monoisotopic (exact) mass is 335 g/mol. The minimum Gasteiger partial charge on any atom is -0.352 e. The van der Waals surface area contributed by atoms with E-state index in [1.54, 1.807) is 12.4 Å². The predicted octanol–water partition coefficient (Wildman–Crippen LogP) is 3.08. The van der Waals surface area contributed by atoms with Crippen LogP contribution in [-0.4, -0.2) is 41.1 Å². The van der Waals surface area contributed by atoms with E-state index in [9.17, 15) is 4.39 Å². The number of pyridine rings is 1. The average Bonchev–Trinajstić information content (AvgIpc) is 2.55. The number of aryl methyl sites for hydroxylation is 1. The molecule has 0 amide bonds. The molecule has 0 spiro atoms. The molecule has 122 valence electrons. The lowest BCUT2D eigenvalue weighted by Crippen LogP contribution is -2.47. The molecule has 0 bridgehead atoms. The van der Waals surface area contributed by atoms with Crippen molar-refractivity contribution in [3.05, 3.63) is 41.1 Å². The van der Waals surface area contributed by atoms with Gasteiger partial charge in [-0.15, -0.1) is 0 Å². The summed E-state index contributed by atoms with van der Waals surface area (Å²) < 4.78 is 14.1. The van der Waals surface area contributed by atoms with Crippen LogP contribution in [0.25, 0.3) is 0 Å². The fraction of sp³-hybridized carbons (Fsp3) is 0.438. The van der Waals surface area contributed by atoms with Crippen LogP contribution in [0.2, 0.25) is 5.02 Å². The second-order valence-electron chi connectivity index (χ2n) is 5.87. The minimum absolute atomic E-state index is 0.211. The van der Waals surface area contributed by atoms with Gasteiger partial charge < -0.3 is 9.80 Å². The van der Waals surface area contributed by atoms with E-state index in [0.717, 1.165) is 24.9 Å². The second kappa shape index (κ2) is 6.66. The first-order chi connectivity index (χ1) is 11.0. The lowest BCUT2D eigenvalue weighted by molar-refractivity contribution is 0.473. The molecule has 0 N–H and O–H groups in total. The second-order valence-corrected chi connectivity index (χ2v) is 6.31. The van der Waals surface area contributed by atoms with Crippen molar-refractivity contribution in [1.29, 1.82) is 0 Å². The number of rotatable bonds is 3. The zero-order chi connectivity index (χ0) is 16.4. The Morgan fingerprint density at radius 2 is 2.00 bits per heavy atom. The van der Waals surface area contributed by atoms with Gasteiger partial charge in [-0.2, -0.15) is 0 Å². The number of piperidine rings is 1. The number of likely N-dealkylation sites (N-methyl/N-ethyl adjacent to an activating group) is 1. The molecule has 7 heteroatoms. The third-order valence-electron chi connectivity index (χ3n) is 4.11. The van der Waals surface area contributed by atoms with E-state index in [1.165, 1.54) is 12.3 Å². The van der Waals surface area contributed by atoms with E-state index in [2.05, 4.69) is 19.9 Å². The lowest BCUT2D eigenvalue weighted by Gasteiger charge is -2.38. The van der Waals surface area contributed by atoms with Crippen molar-refractivity contribution >= 4 is 23.4 Å². The van der Waals surface area contributed by atoms with Gasteiger partial charge in [0.05, 0.1) is 5.02 Å². The summed E-state index contributed by atoms with van der Waals surface area (Å²) in [7, 11) is 1.98. The summed E-state index contributed by atoms with van der Waals surface area (Å²) in [5, 5.41) is 0.310. The molecule has 1 atom stereocenters. The summed E-state index contributed by atoms with van der Waals surface area (Å²) in [5.74, 6) is 0.664. The molecule has 3 heterocycles. The van der Waals surface area contributed by atoms with Crippen molar-refractivity contribution < 1.29 is 4.39 Å². The Balaban J connectivity index is 1.76. The summed E-state index contributed by atoms with van der Waals surface area (Å²) in [6.45, 7) is 3.42. The molecule has 0 saturated carbocycles. The highest BCUT2D eigenvalue weighted by atomic mass is 35.5. The van der Waals surface area contributed by atoms with Crippen molar-refractivity contribution in [2.75, 3.05) is 29.9 Å². The lowest BCUT2D eigenvalue weighted by atomic mass is 10.0. The normalized spacial score (nSPS) is 18.1. The van der Waals surface area contributed by atoms with E-state index in [4.69, 9.17) is 11.6 Å². The molecule has 2 aromatic heterocycles. The number of anilines is 2. The van der Waals surface area contributed by atoms with Gasteiger partial charge in [-0.1, -0.05) is 11.6 Å². The molecule has 1 unspecified atom stereocenters. The largest absolute Gasteiger partial charge is 0.352 e. The molecule has 2 aromatic rings. The Morgan fingerprint density at radius 1 is 1.26 bits per heavy atom. The van der Waals surface area contributed by atoms with E-state index >= 15 is 0 Å². The van der Waals surface area contributed by atoms with Crippen LogP contribution in [0.1, 0.15) is 18.4 Å². The standard InChI is InChI=1S/C16H19ClFN5/c1-11-7-20-16(21-8-11)22(2)13-4-3-5-23(10-13)15-14(18)6-12(17)9-19-15/h6-9,13H,3-5,10H2,1-2H3. The Hall–Kier alpha value is -1.95. The Labute approximate surface area is 140 Å². The van der Waals surface area contributed by atoms with Gasteiger partial charge in [-0.05, 0) is 31.4 Å². The Morgan fingerprint density at radius 3 is 2.70 bits per heavy atom. The van der Waals surface area contributed by atoms with Crippen molar-refractivity contribution in [1.82, 2.24) is 15.0 Å². The van der Waals surface area contributed by atoms with Crippen LogP contribution in [0, 0.1) is 12.7 Å². The average molecular weight is 336 g/mol. The zero-order valence-corrected chi connectivity index (χ0v) is 14.0. The predicted molar refractivity (Wildman–Crippen MR) is 89.6 cm³/mol. The molecule has 0 aliphatic carbocycles. The zero-order valence-electron chi connectivity index (χ0n) is 13.2. The van der Waals surface area contributed by atoms with Gasteiger partial charge in [-0.25, -0.2) is 19.3 Å². The van der Waals surface area contributed by atoms with Crippen LogP contribution in [0.15, 0.2) is 24.7 Å². The van der Waals surface area contributed by atoms with Gasteiger partial charge in [0.1, 0.15) is 0 Å². The first-order valence-electron chi connectivity index (χ1n) is 7.62. The van der Waals surface area contributed by atoms with Gasteiger partial charge >= 0.3 is 0 Å². The summed E-state index contributed by atoms with van der Waals surface area (Å²) in [5.41, 5.74) is 1.03. The maximum Gasteiger partial charge on any atom is 0.225 e. The first kappa shape index (κ1) is 15.9. The van der Waals surface area contributed by atoms with Gasteiger partial charge in [0.2, 0.25) is 5.95 Å². The number of halogens is 2. The maximum absolute atomic E-state index is 14.1. The molecule has 0 aromatic carbocycles. The Bertz CT molecular complexity index is 679. The SMILES string of the molecule is Cc1cnc(N(C)C2CCCN(c3ncc(Cl)cc3F)C2)nc1. The van der Waals surface area contributed by atoms with Crippen molar-refractivity contribution in [2.45, 2.75) is 25.8 Å². The fourth-order valence-electron chi connectivity index (χ4n) is 2.83. The van der Waals surface area contributed by atoms with E-state index < -0.39 is 0 Å². The Kier molecular flexibility index (Phi) is 4.61. The maximum atomic E-state index is 14.1. The number of hydrogen-bond acceptors (Lipinski definition) is 5. The third-order valence-corrected chi connectivity index (χ3v) is 4.32. The molecule has 23 heavy (non-hydrogen) atoms. The highest BCUT2D eigenvalue weighted by Crippen LogP contribution is 2.25. The molecule has 3 rings (SSSR count). The first-order valence-corrected chi connectivity index (χ1v) is 8.00. The van der Waals surface area contributed by atoms with Crippen LogP contribution in [-0.2, 0) is 0 Å². The molecule has 1 saturated heterocycles. The summed E-state index contributed by atoms with van der Waals surface area (Å²) in [4.78, 5) is 16.9. The van der Waals surface area contributed by atoms with Crippen molar-refractivity contribution in [3.63, 3.8) is 0 Å². The smallest absolute Gasteiger partial charge is 0.225 e. The van der Waals surface area contributed by atoms with E-state index in [1.807, 2.05) is 18.9 Å². The van der Waals surface area contributed by atoms with Crippen LogP contribution in [0.3, 0.4) is 0 Å². The van der Waals surface area contributed by atoms with Crippen LogP contribution < -0.4 is 9.80 Å². The van der Waals surface area contributed by atoms with Crippen LogP contribution in [0.4, 0.5) is 16.2 Å². The van der Waals surface area contributed by atoms with Gasteiger partial charge in [0.25, 0.3) is 0 Å². The van der Waals surface area contributed by atoms with Gasteiger partial charge in [0.15, 0.2) is 11.6 Å². The van der Waals surface area contributed by atoms with Crippen molar-refractivity contribution in [3.8, 4) is 0 Å². The summed E-state index contributed by atoms with van der Waals surface area (Å²) in [6.07, 6.45) is 7.07. The van der Waals surface area contributed by atoms with Crippen molar-refractivity contribution in [2.24, 2.45) is 0 Å². The summed E-state index contributed by atoms with van der Waals surface area (Å²) >= 11 is 5.78. The van der Waals surface area contributed by atoms with E-state index in [-0.39, 0.29) is 11.9 Å². The number of aromatic nitrogens is 3. The highest BCUT2D eigenvalue weighted by Gasteiger charge is 2.26. The van der Waals surface area contributed by atoms with Crippen LogP contribution >= 0.6 is 11.6 Å². The molecular formula is C16H19ClFN5. The molecule has 1 aliphatic rings. The molecule has 1 fully saturated rings. The number of hydrogen-bond donors (Lipinski definition) is 0. The molecule has 5 nitrogen and oxygen atoms in total. The minimum atomic E-state index is -0.382. The van der Waals surface area contributed by atoms with Gasteiger partial charge in [-0.3, -0.25) is 0 Å².